The zero-order valence-corrected chi connectivity index (χ0v) is 24.0. The van der Waals surface area contributed by atoms with Gasteiger partial charge in [0.15, 0.2) is 5.76 Å². The van der Waals surface area contributed by atoms with Gasteiger partial charge in [0, 0.05) is 31.1 Å². The number of hydrogen-bond donors (Lipinski definition) is 3. The van der Waals surface area contributed by atoms with E-state index in [9.17, 15) is 19.5 Å². The van der Waals surface area contributed by atoms with E-state index in [0.29, 0.717) is 40.7 Å². The Hall–Kier alpha value is -3.60. The molecule has 3 atom stereocenters. The van der Waals surface area contributed by atoms with Gasteiger partial charge in [-0.3, -0.25) is 9.59 Å². The van der Waals surface area contributed by atoms with Crippen LogP contribution in [0.4, 0.5) is 16.2 Å². The van der Waals surface area contributed by atoms with Crippen LogP contribution < -0.4 is 15.4 Å². The molecule has 1 aromatic heterocycles. The first-order valence-corrected chi connectivity index (χ1v) is 14.1. The lowest BCUT2D eigenvalue weighted by atomic mass is 9.88. The number of fused-ring (bicyclic) bond motifs is 1. The maximum atomic E-state index is 13.7. The Morgan fingerprint density at radius 1 is 1.20 bits per heavy atom. The van der Waals surface area contributed by atoms with Crippen LogP contribution in [0.15, 0.2) is 22.7 Å². The summed E-state index contributed by atoms with van der Waals surface area (Å²) < 4.78 is 11.5. The van der Waals surface area contributed by atoms with Crippen molar-refractivity contribution in [2.75, 3.05) is 37.4 Å². The van der Waals surface area contributed by atoms with Crippen molar-refractivity contribution in [1.82, 2.24) is 15.0 Å². The molecule has 11 heteroatoms. The fraction of sp³-hybridized carbons (Fsp3) is 0.586. The summed E-state index contributed by atoms with van der Waals surface area (Å²) in [5, 5.41) is 19.6. The van der Waals surface area contributed by atoms with E-state index in [1.165, 1.54) is 4.90 Å². The minimum atomic E-state index is -0.455. The molecule has 2 heterocycles. The number of rotatable bonds is 7. The van der Waals surface area contributed by atoms with Crippen molar-refractivity contribution >= 4 is 29.2 Å². The molecule has 1 saturated carbocycles. The largest absolute Gasteiger partial charge is 0.487 e. The van der Waals surface area contributed by atoms with E-state index in [-0.39, 0.29) is 42.8 Å². The molecule has 1 aliphatic heterocycles. The third-order valence-electron chi connectivity index (χ3n) is 7.97. The number of carbonyl (C=O) groups excluding carboxylic acids is 3. The van der Waals surface area contributed by atoms with Crippen LogP contribution in [0.2, 0.25) is 0 Å². The molecule has 2 aliphatic rings. The number of urea groups is 1. The number of nitrogens with one attached hydrogen (secondary N) is 2. The number of nitrogens with zero attached hydrogens (tertiary/aromatic N) is 3. The van der Waals surface area contributed by atoms with Gasteiger partial charge in [0.2, 0.25) is 5.91 Å². The number of anilines is 2. The standard InChI is InChI=1S/C29H41N5O6/c1-17-14-34(18(2)16-35)28(37)23-13-22(30-27(36)21-9-7-6-8-10-21)11-12-24(23)39-25(17)15-33(5)29(38)31-26-19(3)32-40-20(26)4/h11-13,17-18,21,25,35H,6-10,14-16H2,1-5H3,(H,30,36)(H,31,38)/t17-,18+,25+/m1/s1. The number of carbonyl (C=O) groups is 3. The Labute approximate surface area is 235 Å². The van der Waals surface area contributed by atoms with E-state index in [0.717, 1.165) is 32.1 Å². The van der Waals surface area contributed by atoms with Gasteiger partial charge in [-0.1, -0.05) is 31.3 Å². The van der Waals surface area contributed by atoms with Crippen molar-refractivity contribution in [3.05, 3.63) is 35.2 Å². The smallest absolute Gasteiger partial charge is 0.321 e. The lowest BCUT2D eigenvalue weighted by Gasteiger charge is -2.38. The van der Waals surface area contributed by atoms with E-state index >= 15 is 0 Å². The summed E-state index contributed by atoms with van der Waals surface area (Å²) in [6.07, 6.45) is 4.54. The molecule has 11 nitrogen and oxygen atoms in total. The third kappa shape index (κ3) is 6.57. The molecule has 1 aromatic carbocycles. The van der Waals surface area contributed by atoms with Crippen LogP contribution in [-0.4, -0.2) is 76.8 Å². The lowest BCUT2D eigenvalue weighted by Crippen LogP contribution is -2.50. The molecule has 0 radical (unpaired) electrons. The van der Waals surface area contributed by atoms with Gasteiger partial charge in [0.25, 0.3) is 5.91 Å². The maximum absolute atomic E-state index is 13.7. The molecule has 3 N–H and O–H groups in total. The predicted molar refractivity (Wildman–Crippen MR) is 150 cm³/mol. The number of aliphatic hydroxyl groups is 1. The third-order valence-corrected chi connectivity index (χ3v) is 7.97. The first kappa shape index (κ1) is 29.4. The quantitative estimate of drug-likeness (QED) is 0.466. The van der Waals surface area contributed by atoms with E-state index in [1.807, 2.05) is 6.92 Å². The molecule has 0 spiro atoms. The SMILES string of the molecule is Cc1noc(C)c1NC(=O)N(C)C[C@@H]1Oc2ccc(NC(=O)C3CCCCC3)cc2C(=O)N([C@@H](C)CO)C[C@H]1C. The van der Waals surface area contributed by atoms with Gasteiger partial charge in [0.1, 0.15) is 23.2 Å². The number of aromatic nitrogens is 1. The number of aliphatic hydroxyl groups excluding tert-OH is 1. The van der Waals surface area contributed by atoms with Crippen molar-refractivity contribution < 1.29 is 28.8 Å². The zero-order valence-electron chi connectivity index (χ0n) is 24.0. The number of likely N-dealkylation sites (N-methyl/N-ethyl adjacent to an activating group) is 1. The highest BCUT2D eigenvalue weighted by Gasteiger charge is 2.34. The molecule has 1 aliphatic carbocycles. The van der Waals surface area contributed by atoms with E-state index < -0.39 is 12.1 Å². The van der Waals surface area contributed by atoms with Crippen molar-refractivity contribution in [1.29, 1.82) is 0 Å². The number of benzene rings is 1. The second kappa shape index (κ2) is 12.7. The predicted octanol–water partition coefficient (Wildman–Crippen LogP) is 4.19. The van der Waals surface area contributed by atoms with E-state index in [4.69, 9.17) is 9.26 Å². The van der Waals surface area contributed by atoms with E-state index in [2.05, 4.69) is 15.8 Å². The van der Waals surface area contributed by atoms with Gasteiger partial charge in [0.05, 0.1) is 24.8 Å². The van der Waals surface area contributed by atoms with Crippen LogP contribution in [-0.2, 0) is 4.79 Å². The fourth-order valence-corrected chi connectivity index (χ4v) is 5.34. The van der Waals surface area contributed by atoms with Crippen LogP contribution >= 0.6 is 0 Å². The summed E-state index contributed by atoms with van der Waals surface area (Å²) in [5.41, 5.74) is 1.96. The molecule has 0 unspecified atom stereocenters. The molecular formula is C29H41N5O6. The summed E-state index contributed by atoms with van der Waals surface area (Å²) in [5.74, 6) is 0.392. The first-order valence-electron chi connectivity index (χ1n) is 14.1. The minimum absolute atomic E-state index is 0.0223. The average molecular weight is 556 g/mol. The molecule has 40 heavy (non-hydrogen) atoms. The highest BCUT2D eigenvalue weighted by Crippen LogP contribution is 2.32. The second-order valence-corrected chi connectivity index (χ2v) is 11.2. The summed E-state index contributed by atoms with van der Waals surface area (Å²) in [4.78, 5) is 42.7. The van der Waals surface area contributed by atoms with Gasteiger partial charge < -0.3 is 34.8 Å². The van der Waals surface area contributed by atoms with Gasteiger partial charge in [-0.25, -0.2) is 4.79 Å². The fourth-order valence-electron chi connectivity index (χ4n) is 5.34. The molecule has 4 amide bonds. The number of hydrogen-bond acceptors (Lipinski definition) is 7. The van der Waals surface area contributed by atoms with Gasteiger partial charge >= 0.3 is 6.03 Å². The molecule has 0 bridgehead atoms. The second-order valence-electron chi connectivity index (χ2n) is 11.2. The van der Waals surface area contributed by atoms with Gasteiger partial charge in [-0.05, 0) is 51.8 Å². The normalized spacial score (nSPS) is 20.6. The highest BCUT2D eigenvalue weighted by molar-refractivity contribution is 6.00. The summed E-state index contributed by atoms with van der Waals surface area (Å²) >= 11 is 0. The lowest BCUT2D eigenvalue weighted by molar-refractivity contribution is -0.120. The molecule has 4 rings (SSSR count). The summed E-state index contributed by atoms with van der Waals surface area (Å²) in [6.45, 7) is 7.60. The topological polar surface area (TPSA) is 137 Å². The number of aryl methyl sites for hydroxylation is 2. The zero-order chi connectivity index (χ0) is 29.0. The van der Waals surface area contributed by atoms with Crippen molar-refractivity contribution in [3.63, 3.8) is 0 Å². The number of amides is 4. The Bertz CT molecular complexity index is 1200. The van der Waals surface area contributed by atoms with Crippen LogP contribution in [0.25, 0.3) is 0 Å². The Balaban J connectivity index is 1.56. The van der Waals surface area contributed by atoms with Gasteiger partial charge in [-0.15, -0.1) is 0 Å². The van der Waals surface area contributed by atoms with Crippen molar-refractivity contribution in [2.45, 2.75) is 71.9 Å². The van der Waals surface area contributed by atoms with Crippen LogP contribution in [0.5, 0.6) is 5.75 Å². The van der Waals surface area contributed by atoms with Crippen molar-refractivity contribution in [2.24, 2.45) is 11.8 Å². The van der Waals surface area contributed by atoms with E-state index in [1.54, 1.807) is 50.9 Å². The summed E-state index contributed by atoms with van der Waals surface area (Å²) in [6, 6.07) is 4.31. The van der Waals surface area contributed by atoms with Gasteiger partial charge in [-0.2, -0.15) is 0 Å². The van der Waals surface area contributed by atoms with Crippen LogP contribution in [0, 0.1) is 25.7 Å². The first-order chi connectivity index (χ1) is 19.1. The minimum Gasteiger partial charge on any atom is -0.487 e. The molecular weight excluding hydrogens is 514 g/mol. The molecule has 1 fully saturated rings. The van der Waals surface area contributed by atoms with Crippen molar-refractivity contribution in [3.8, 4) is 5.75 Å². The van der Waals surface area contributed by atoms with Crippen LogP contribution in [0.3, 0.4) is 0 Å². The number of ether oxygens (including phenoxy) is 1. The maximum Gasteiger partial charge on any atom is 0.321 e. The molecule has 2 aromatic rings. The monoisotopic (exact) mass is 555 g/mol. The Morgan fingerprint density at radius 3 is 2.58 bits per heavy atom. The average Bonchev–Trinajstić information content (AvgIpc) is 3.27. The Kier molecular flexibility index (Phi) is 9.34. The Morgan fingerprint density at radius 2 is 1.93 bits per heavy atom. The van der Waals surface area contributed by atoms with Crippen LogP contribution in [0.1, 0.15) is 67.8 Å². The molecule has 218 valence electrons. The molecule has 0 saturated heterocycles. The highest BCUT2D eigenvalue weighted by atomic mass is 16.5. The summed E-state index contributed by atoms with van der Waals surface area (Å²) in [7, 11) is 1.67.